The van der Waals surface area contributed by atoms with Crippen LogP contribution in [0.2, 0.25) is 0 Å². The fourth-order valence-corrected chi connectivity index (χ4v) is 1.12. The Hall–Kier alpha value is -1.76. The van der Waals surface area contributed by atoms with Gasteiger partial charge in [-0.1, -0.05) is 48.5 Å². The zero-order valence-electron chi connectivity index (χ0n) is 10.8. The molecule has 1 heteroatoms. The van der Waals surface area contributed by atoms with E-state index in [0.717, 1.165) is 0 Å². The first kappa shape index (κ1) is 4.47. The highest BCUT2D eigenvalue weighted by molar-refractivity contribution is 5.69. The van der Waals surface area contributed by atoms with E-state index in [-0.39, 0.29) is 17.6 Å². The van der Waals surface area contributed by atoms with Gasteiger partial charge >= 0.3 is 0 Å². The van der Waals surface area contributed by atoms with Gasteiger partial charge in [0.2, 0.25) is 0 Å². The van der Waals surface area contributed by atoms with E-state index in [1.165, 1.54) is 0 Å². The maximum atomic E-state index is 9.83. The lowest BCUT2D eigenvalue weighted by Crippen LogP contribution is -1.76. The highest BCUT2D eigenvalue weighted by Crippen LogP contribution is 2.27. The fraction of sp³-hybridized carbons (Fsp3) is 0. The summed E-state index contributed by atoms with van der Waals surface area (Å²) in [5.74, 6) is -0.415. The summed E-state index contributed by atoms with van der Waals surface area (Å²) in [4.78, 5) is 0. The minimum Gasteiger partial charge on any atom is -0.507 e. The van der Waals surface area contributed by atoms with Crippen molar-refractivity contribution < 1.29 is 10.6 Å². The number of aromatic hydroxyl groups is 1. The average Bonchev–Trinajstić information content (AvgIpc) is 2.36. The number of rotatable bonds is 1. The van der Waals surface area contributed by atoms with Crippen LogP contribution in [-0.4, -0.2) is 5.11 Å². The average molecular weight is 174 g/mol. The van der Waals surface area contributed by atoms with Gasteiger partial charge in [0.15, 0.2) is 0 Å². The van der Waals surface area contributed by atoms with Crippen LogP contribution in [0.5, 0.6) is 5.75 Å². The van der Waals surface area contributed by atoms with Gasteiger partial charge in [-0.05, 0) is 11.6 Å². The predicted molar refractivity (Wildman–Crippen MR) is 53.5 cm³/mol. The van der Waals surface area contributed by atoms with E-state index in [9.17, 15) is 5.11 Å². The summed E-state index contributed by atoms with van der Waals surface area (Å²) in [6, 6.07) is 7.27. The number of hydrogen-bond acceptors (Lipinski definition) is 1. The molecule has 0 saturated heterocycles. The number of phenols is 1. The first-order valence-electron chi connectivity index (χ1n) is 5.88. The second-order valence-electron chi connectivity index (χ2n) is 2.59. The van der Waals surface area contributed by atoms with Crippen molar-refractivity contribution in [1.82, 2.24) is 0 Å². The van der Waals surface area contributed by atoms with Crippen molar-refractivity contribution in [3.8, 4) is 16.9 Å². The maximum absolute atomic E-state index is 9.83. The van der Waals surface area contributed by atoms with E-state index in [2.05, 4.69) is 0 Å². The summed E-state index contributed by atoms with van der Waals surface area (Å²) in [6.45, 7) is 0. The Labute approximate surface area is 82.9 Å². The molecule has 0 radical (unpaired) electrons. The molecule has 0 unspecified atom stereocenters. The topological polar surface area (TPSA) is 20.2 Å². The first-order chi connectivity index (χ1) is 8.04. The predicted octanol–water partition coefficient (Wildman–Crippen LogP) is 3.06. The van der Waals surface area contributed by atoms with Crippen LogP contribution >= 0.6 is 0 Å². The maximum Gasteiger partial charge on any atom is 0.123 e. The third-order valence-electron chi connectivity index (χ3n) is 1.73. The zero-order chi connectivity index (χ0) is 12.6. The summed E-state index contributed by atoms with van der Waals surface area (Å²) in [7, 11) is 0. The van der Waals surface area contributed by atoms with Crippen LogP contribution in [0.1, 0.15) is 5.48 Å². The smallest absolute Gasteiger partial charge is 0.123 e. The van der Waals surface area contributed by atoms with Gasteiger partial charge in [0.25, 0.3) is 0 Å². The molecule has 0 atom stereocenters. The Morgan fingerprint density at radius 3 is 2.46 bits per heavy atom. The highest BCUT2D eigenvalue weighted by atomic mass is 16.3. The van der Waals surface area contributed by atoms with Crippen LogP contribution in [0.25, 0.3) is 11.1 Å². The summed E-state index contributed by atoms with van der Waals surface area (Å²) in [6.07, 6.45) is 0. The molecule has 13 heavy (non-hydrogen) atoms. The molecule has 0 fully saturated rings. The van der Waals surface area contributed by atoms with Crippen LogP contribution < -0.4 is 0 Å². The van der Waals surface area contributed by atoms with Gasteiger partial charge < -0.3 is 5.11 Å². The Morgan fingerprint density at radius 2 is 1.69 bits per heavy atom. The second kappa shape index (κ2) is 3.31. The molecule has 0 aliphatic heterocycles. The van der Waals surface area contributed by atoms with E-state index in [1.807, 2.05) is 0 Å². The second-order valence-corrected chi connectivity index (χ2v) is 2.59. The van der Waals surface area contributed by atoms with Crippen molar-refractivity contribution in [2.45, 2.75) is 0 Å². The van der Waals surface area contributed by atoms with Crippen molar-refractivity contribution in [1.29, 1.82) is 0 Å². The Morgan fingerprint density at radius 1 is 1.00 bits per heavy atom. The number of benzene rings is 2. The zero-order valence-corrected chi connectivity index (χ0v) is 6.83. The Kier molecular flexibility index (Phi) is 1.14. The SMILES string of the molecule is [2H]c1c([2H])c([2H])c(-c2ccccc2)c(O)c1[2H]. The van der Waals surface area contributed by atoms with E-state index in [1.54, 1.807) is 30.3 Å². The van der Waals surface area contributed by atoms with Crippen LogP contribution in [0.4, 0.5) is 0 Å². The minimum absolute atomic E-state index is 0.136. The monoisotopic (exact) mass is 174 g/mol. The summed E-state index contributed by atoms with van der Waals surface area (Å²) >= 11 is 0. The molecule has 0 spiro atoms. The largest absolute Gasteiger partial charge is 0.507 e. The molecular formula is C12H10O. The van der Waals surface area contributed by atoms with E-state index >= 15 is 0 Å². The van der Waals surface area contributed by atoms with E-state index in [4.69, 9.17) is 5.48 Å². The standard InChI is InChI=1S/C12H10O/c13-12-9-5-4-8-11(12)10-6-2-1-3-7-10/h1-9,13H/i4D,5D,8D,9D. The molecule has 1 nitrogen and oxygen atoms in total. The number of phenolic OH excluding ortho intramolecular Hbond substituents is 1. The van der Waals surface area contributed by atoms with Crippen LogP contribution in [-0.2, 0) is 0 Å². The molecule has 2 aromatic rings. The summed E-state index contributed by atoms with van der Waals surface area (Å²) in [5.41, 5.74) is 0.702. The molecular weight excluding hydrogens is 160 g/mol. The highest BCUT2D eigenvalue weighted by Gasteiger charge is 2.00. The molecule has 2 rings (SSSR count). The molecule has 0 bridgehead atoms. The van der Waals surface area contributed by atoms with Gasteiger partial charge in [-0.15, -0.1) is 0 Å². The van der Waals surface area contributed by atoms with Crippen molar-refractivity contribution in [3.63, 3.8) is 0 Å². The van der Waals surface area contributed by atoms with Crippen molar-refractivity contribution in [2.75, 3.05) is 0 Å². The minimum atomic E-state index is -0.424. The van der Waals surface area contributed by atoms with E-state index < -0.39 is 17.8 Å². The van der Waals surface area contributed by atoms with Gasteiger partial charge in [0.1, 0.15) is 5.75 Å². The quantitative estimate of drug-likeness (QED) is 0.704. The molecule has 0 aliphatic rings. The molecule has 0 aromatic heterocycles. The fourth-order valence-electron chi connectivity index (χ4n) is 1.12. The molecule has 2 aromatic carbocycles. The Bertz CT molecular complexity index is 537. The van der Waals surface area contributed by atoms with Gasteiger partial charge in [0.05, 0.1) is 5.48 Å². The third kappa shape index (κ3) is 1.54. The number of para-hydroxylation sites is 1. The van der Waals surface area contributed by atoms with Crippen LogP contribution in [0, 0.1) is 0 Å². The Balaban J connectivity index is 2.80. The van der Waals surface area contributed by atoms with E-state index in [0.29, 0.717) is 5.56 Å². The van der Waals surface area contributed by atoms with Gasteiger partial charge in [0, 0.05) is 5.56 Å². The van der Waals surface area contributed by atoms with Gasteiger partial charge in [-0.3, -0.25) is 0 Å². The molecule has 0 amide bonds. The first-order valence-corrected chi connectivity index (χ1v) is 3.88. The lowest BCUT2D eigenvalue weighted by molar-refractivity contribution is 0.477. The van der Waals surface area contributed by atoms with Crippen LogP contribution in [0.3, 0.4) is 0 Å². The van der Waals surface area contributed by atoms with Gasteiger partial charge in [-0.25, -0.2) is 0 Å². The molecule has 64 valence electrons. The van der Waals surface area contributed by atoms with Crippen molar-refractivity contribution in [2.24, 2.45) is 0 Å². The normalized spacial score (nSPS) is 14.2. The molecule has 0 heterocycles. The summed E-state index contributed by atoms with van der Waals surface area (Å²) in [5, 5.41) is 9.83. The lowest BCUT2D eigenvalue weighted by atomic mass is 10.1. The lowest BCUT2D eigenvalue weighted by Gasteiger charge is -2.02. The summed E-state index contributed by atoms with van der Waals surface area (Å²) < 4.78 is 30.3. The number of hydrogen-bond donors (Lipinski definition) is 1. The molecule has 1 N–H and O–H groups in total. The molecule has 0 aliphatic carbocycles. The molecule has 0 saturated carbocycles. The third-order valence-corrected chi connectivity index (χ3v) is 1.73. The van der Waals surface area contributed by atoms with Crippen LogP contribution in [0.15, 0.2) is 54.5 Å². The van der Waals surface area contributed by atoms with Crippen molar-refractivity contribution in [3.05, 3.63) is 54.5 Å². The van der Waals surface area contributed by atoms with Crippen molar-refractivity contribution >= 4 is 0 Å². The van der Waals surface area contributed by atoms with Gasteiger partial charge in [-0.2, -0.15) is 0 Å².